The first-order valence-corrected chi connectivity index (χ1v) is 7.68. The van der Waals surface area contributed by atoms with E-state index in [1.165, 1.54) is 42.6 Å². The van der Waals surface area contributed by atoms with Crippen LogP contribution < -0.4 is 4.72 Å². The summed E-state index contributed by atoms with van der Waals surface area (Å²) >= 11 is 5.69. The zero-order chi connectivity index (χ0) is 15.5. The van der Waals surface area contributed by atoms with Crippen molar-refractivity contribution in [2.24, 2.45) is 0 Å². The Balaban J connectivity index is 2.21. The zero-order valence-corrected chi connectivity index (χ0v) is 12.2. The van der Waals surface area contributed by atoms with Gasteiger partial charge in [0.1, 0.15) is 5.15 Å². The quantitative estimate of drug-likeness (QED) is 0.821. The number of aliphatic carboxylic acids is 1. The predicted octanol–water partition coefficient (Wildman–Crippen LogP) is 2.16. The standard InChI is InChI=1S/C13H11ClN2O4S/c14-12-8-10(5-6-15-12)16-21(19,20)11-3-1-9(2-4-11)7-13(17)18/h1-6,8H,7H2,(H,15,16)(H,17,18). The molecule has 0 bridgehead atoms. The molecule has 0 unspecified atom stereocenters. The minimum atomic E-state index is -3.76. The fourth-order valence-electron chi connectivity index (χ4n) is 1.64. The van der Waals surface area contributed by atoms with Crippen LogP contribution in [0.4, 0.5) is 5.69 Å². The second-order valence-corrected chi connectivity index (χ2v) is 6.26. The summed E-state index contributed by atoms with van der Waals surface area (Å²) in [6, 6.07) is 8.48. The number of carboxylic acids is 1. The summed E-state index contributed by atoms with van der Waals surface area (Å²) in [4.78, 5) is 14.4. The number of pyridine rings is 1. The van der Waals surface area contributed by atoms with Crippen molar-refractivity contribution in [3.8, 4) is 0 Å². The van der Waals surface area contributed by atoms with Gasteiger partial charge in [-0.05, 0) is 29.8 Å². The number of carbonyl (C=O) groups is 1. The van der Waals surface area contributed by atoms with Crippen LogP contribution in [0.5, 0.6) is 0 Å². The van der Waals surface area contributed by atoms with Crippen LogP contribution in [0.15, 0.2) is 47.5 Å². The lowest BCUT2D eigenvalue weighted by molar-refractivity contribution is -0.136. The van der Waals surface area contributed by atoms with Gasteiger partial charge >= 0.3 is 5.97 Å². The van der Waals surface area contributed by atoms with Crippen molar-refractivity contribution in [1.82, 2.24) is 4.98 Å². The van der Waals surface area contributed by atoms with Crippen LogP contribution in [0.1, 0.15) is 5.56 Å². The Morgan fingerprint density at radius 3 is 2.48 bits per heavy atom. The molecule has 6 nitrogen and oxygen atoms in total. The van der Waals surface area contributed by atoms with E-state index in [1.54, 1.807) is 0 Å². The molecule has 21 heavy (non-hydrogen) atoms. The Bertz CT molecular complexity index is 760. The highest BCUT2D eigenvalue weighted by Crippen LogP contribution is 2.18. The van der Waals surface area contributed by atoms with Gasteiger partial charge < -0.3 is 5.11 Å². The van der Waals surface area contributed by atoms with Crippen LogP contribution in [0.3, 0.4) is 0 Å². The van der Waals surface area contributed by atoms with E-state index in [0.29, 0.717) is 11.3 Å². The molecule has 1 heterocycles. The zero-order valence-electron chi connectivity index (χ0n) is 10.7. The molecule has 1 aromatic heterocycles. The number of halogens is 1. The summed E-state index contributed by atoms with van der Waals surface area (Å²) in [5.74, 6) is -0.977. The lowest BCUT2D eigenvalue weighted by Crippen LogP contribution is -2.13. The first-order chi connectivity index (χ1) is 9.87. The number of anilines is 1. The first-order valence-electron chi connectivity index (χ1n) is 5.82. The molecule has 0 saturated heterocycles. The molecule has 110 valence electrons. The summed E-state index contributed by atoms with van der Waals surface area (Å²) in [5.41, 5.74) is 0.818. The Kier molecular flexibility index (Phi) is 4.44. The SMILES string of the molecule is O=C(O)Cc1ccc(S(=O)(=O)Nc2ccnc(Cl)c2)cc1. The first kappa shape index (κ1) is 15.3. The van der Waals surface area contributed by atoms with E-state index in [2.05, 4.69) is 9.71 Å². The molecule has 2 aromatic rings. The third-order valence-corrected chi connectivity index (χ3v) is 4.17. The molecule has 0 atom stereocenters. The maximum absolute atomic E-state index is 12.2. The van der Waals surface area contributed by atoms with Crippen molar-refractivity contribution in [3.63, 3.8) is 0 Å². The molecule has 0 fully saturated rings. The number of rotatable bonds is 5. The smallest absolute Gasteiger partial charge is 0.307 e. The lowest BCUT2D eigenvalue weighted by atomic mass is 10.2. The average Bonchev–Trinajstić information content (AvgIpc) is 2.38. The highest BCUT2D eigenvalue weighted by Gasteiger charge is 2.14. The van der Waals surface area contributed by atoms with E-state index in [9.17, 15) is 13.2 Å². The van der Waals surface area contributed by atoms with E-state index in [4.69, 9.17) is 16.7 Å². The number of aromatic nitrogens is 1. The van der Waals surface area contributed by atoms with Gasteiger partial charge in [-0.2, -0.15) is 0 Å². The van der Waals surface area contributed by atoms with Crippen LogP contribution in [0.25, 0.3) is 0 Å². The molecule has 2 rings (SSSR count). The normalized spacial score (nSPS) is 11.1. The van der Waals surface area contributed by atoms with Crippen molar-refractivity contribution < 1.29 is 18.3 Å². The number of hydrogen-bond donors (Lipinski definition) is 2. The van der Waals surface area contributed by atoms with Crippen LogP contribution in [0.2, 0.25) is 5.15 Å². The fourth-order valence-corrected chi connectivity index (χ4v) is 2.86. The largest absolute Gasteiger partial charge is 0.481 e. The molecule has 0 spiro atoms. The summed E-state index contributed by atoms with van der Waals surface area (Å²) in [6.07, 6.45) is 1.23. The van der Waals surface area contributed by atoms with Crippen LogP contribution in [0, 0.1) is 0 Å². The summed E-state index contributed by atoms with van der Waals surface area (Å²) in [6.45, 7) is 0. The van der Waals surface area contributed by atoms with E-state index < -0.39 is 16.0 Å². The minimum Gasteiger partial charge on any atom is -0.481 e. The number of hydrogen-bond acceptors (Lipinski definition) is 4. The Hall–Kier alpha value is -2.12. The van der Waals surface area contributed by atoms with Gasteiger partial charge in [-0.15, -0.1) is 0 Å². The molecule has 0 amide bonds. The van der Waals surface area contributed by atoms with Crippen molar-refractivity contribution in [1.29, 1.82) is 0 Å². The summed E-state index contributed by atoms with van der Waals surface area (Å²) in [5, 5.41) is 8.84. The van der Waals surface area contributed by atoms with Gasteiger partial charge in [-0.3, -0.25) is 9.52 Å². The molecule has 0 radical (unpaired) electrons. The maximum Gasteiger partial charge on any atom is 0.307 e. The van der Waals surface area contributed by atoms with E-state index in [0.717, 1.165) is 0 Å². The predicted molar refractivity (Wildman–Crippen MR) is 77.8 cm³/mol. The highest BCUT2D eigenvalue weighted by molar-refractivity contribution is 7.92. The number of nitrogens with one attached hydrogen (secondary N) is 1. The molecule has 0 aliphatic rings. The van der Waals surface area contributed by atoms with Gasteiger partial charge in [0.05, 0.1) is 17.0 Å². The molecular weight excluding hydrogens is 316 g/mol. The Morgan fingerprint density at radius 2 is 1.90 bits per heavy atom. The second-order valence-electron chi connectivity index (χ2n) is 4.19. The number of benzene rings is 1. The van der Waals surface area contributed by atoms with E-state index in [1.807, 2.05) is 0 Å². The topological polar surface area (TPSA) is 96.4 Å². The van der Waals surface area contributed by atoms with Gasteiger partial charge in [-0.25, -0.2) is 13.4 Å². The minimum absolute atomic E-state index is 0.0320. The van der Waals surface area contributed by atoms with Crippen LogP contribution in [-0.2, 0) is 21.2 Å². The molecule has 1 aromatic carbocycles. The molecule has 0 saturated carbocycles. The molecule has 0 aliphatic heterocycles. The second kappa shape index (κ2) is 6.11. The number of nitrogens with zero attached hydrogens (tertiary/aromatic N) is 1. The van der Waals surface area contributed by atoms with Gasteiger partial charge in [0.15, 0.2) is 0 Å². The molecular formula is C13H11ClN2O4S. The van der Waals surface area contributed by atoms with Crippen molar-refractivity contribution in [2.75, 3.05) is 4.72 Å². The third kappa shape index (κ3) is 4.17. The van der Waals surface area contributed by atoms with Gasteiger partial charge in [0.2, 0.25) is 0 Å². The molecule has 0 aliphatic carbocycles. The van der Waals surface area contributed by atoms with Crippen LogP contribution >= 0.6 is 11.6 Å². The Morgan fingerprint density at radius 1 is 1.24 bits per heavy atom. The highest BCUT2D eigenvalue weighted by atomic mass is 35.5. The maximum atomic E-state index is 12.2. The molecule has 2 N–H and O–H groups in total. The summed E-state index contributed by atoms with van der Waals surface area (Å²) in [7, 11) is -3.76. The van der Waals surface area contributed by atoms with Gasteiger partial charge in [0, 0.05) is 6.20 Å². The van der Waals surface area contributed by atoms with Crippen molar-refractivity contribution >= 4 is 33.3 Å². The average molecular weight is 327 g/mol. The van der Waals surface area contributed by atoms with Gasteiger partial charge in [-0.1, -0.05) is 23.7 Å². The monoisotopic (exact) mass is 326 g/mol. The van der Waals surface area contributed by atoms with Crippen LogP contribution in [-0.4, -0.2) is 24.5 Å². The summed E-state index contributed by atoms with van der Waals surface area (Å²) < 4.78 is 26.7. The van der Waals surface area contributed by atoms with Crippen molar-refractivity contribution in [2.45, 2.75) is 11.3 Å². The van der Waals surface area contributed by atoms with Crippen molar-refractivity contribution in [3.05, 3.63) is 53.3 Å². The number of carboxylic acid groups (broad SMARTS) is 1. The lowest BCUT2D eigenvalue weighted by Gasteiger charge is -2.08. The van der Waals surface area contributed by atoms with E-state index >= 15 is 0 Å². The third-order valence-electron chi connectivity index (χ3n) is 2.57. The molecule has 8 heteroatoms. The number of sulfonamides is 1. The van der Waals surface area contributed by atoms with Gasteiger partial charge in [0.25, 0.3) is 10.0 Å². The Labute approximate surface area is 126 Å². The van der Waals surface area contributed by atoms with E-state index in [-0.39, 0.29) is 16.5 Å². The fraction of sp³-hybridized carbons (Fsp3) is 0.0769.